The van der Waals surface area contributed by atoms with Crippen LogP contribution in [0.4, 0.5) is 0 Å². The number of aromatic nitrogens is 1. The molecule has 0 radical (unpaired) electrons. The molecule has 1 aromatic heterocycles. The Hall–Kier alpha value is -2.07. The van der Waals surface area contributed by atoms with Crippen LogP contribution in [0, 0.1) is 0 Å². The summed E-state index contributed by atoms with van der Waals surface area (Å²) in [4.78, 5) is 15.6. The lowest BCUT2D eigenvalue weighted by Gasteiger charge is -2.16. The highest BCUT2D eigenvalue weighted by atomic mass is 79.9. The molecule has 106 valence electrons. The van der Waals surface area contributed by atoms with Crippen molar-refractivity contribution in [3.63, 3.8) is 0 Å². The molecule has 1 unspecified atom stereocenters. The second-order valence-corrected chi connectivity index (χ2v) is 5.82. The van der Waals surface area contributed by atoms with Crippen molar-refractivity contribution in [3.05, 3.63) is 70.3 Å². The monoisotopic (exact) mass is 342 g/mol. The number of carbonyl (C=O) groups excluding carboxylic acids is 1. The van der Waals surface area contributed by atoms with Crippen molar-refractivity contribution in [2.45, 2.75) is 13.0 Å². The Morgan fingerprint density at radius 2 is 1.95 bits per heavy atom. The molecule has 3 aromatic rings. The Kier molecular flexibility index (Phi) is 3.80. The number of carbonyl (C=O) groups is 1. The van der Waals surface area contributed by atoms with E-state index in [0.29, 0.717) is 5.56 Å². The molecule has 2 N–H and O–H groups in total. The molecule has 2 aromatic carbocycles. The van der Waals surface area contributed by atoms with Gasteiger partial charge in [0.25, 0.3) is 5.91 Å². The highest BCUT2D eigenvalue weighted by Gasteiger charge is 2.15. The smallest absolute Gasteiger partial charge is 0.252 e. The van der Waals surface area contributed by atoms with E-state index in [-0.39, 0.29) is 11.9 Å². The summed E-state index contributed by atoms with van der Waals surface area (Å²) in [6.45, 7) is 1.98. The normalized spacial score (nSPS) is 12.3. The Morgan fingerprint density at radius 3 is 2.76 bits per heavy atom. The highest BCUT2D eigenvalue weighted by Crippen LogP contribution is 2.24. The Bertz CT molecular complexity index is 794. The van der Waals surface area contributed by atoms with Gasteiger partial charge in [-0.3, -0.25) is 4.79 Å². The van der Waals surface area contributed by atoms with Gasteiger partial charge in [0.2, 0.25) is 0 Å². The molecule has 0 spiro atoms. The number of nitrogens with one attached hydrogen (secondary N) is 2. The zero-order valence-corrected chi connectivity index (χ0v) is 13.1. The Morgan fingerprint density at radius 1 is 1.14 bits per heavy atom. The van der Waals surface area contributed by atoms with Gasteiger partial charge in [-0.1, -0.05) is 40.2 Å². The molecule has 1 amide bonds. The van der Waals surface area contributed by atoms with E-state index >= 15 is 0 Å². The van der Waals surface area contributed by atoms with E-state index in [1.165, 1.54) is 0 Å². The average Bonchev–Trinajstić information content (AvgIpc) is 2.95. The number of H-pyrrole nitrogens is 1. The fourth-order valence-electron chi connectivity index (χ4n) is 2.46. The number of amides is 1. The number of hydrogen-bond acceptors (Lipinski definition) is 1. The first-order chi connectivity index (χ1) is 10.2. The van der Waals surface area contributed by atoms with E-state index in [2.05, 4.69) is 26.2 Å². The second-order valence-electron chi connectivity index (χ2n) is 4.96. The van der Waals surface area contributed by atoms with Crippen molar-refractivity contribution in [1.82, 2.24) is 10.3 Å². The summed E-state index contributed by atoms with van der Waals surface area (Å²) in [5.74, 6) is -0.0662. The van der Waals surface area contributed by atoms with Crippen LogP contribution in [0.15, 0.2) is 59.2 Å². The summed E-state index contributed by atoms with van der Waals surface area (Å²) in [6.07, 6.45) is 1.85. The van der Waals surface area contributed by atoms with Crippen LogP contribution in [0.2, 0.25) is 0 Å². The summed E-state index contributed by atoms with van der Waals surface area (Å²) in [6, 6.07) is 15.5. The summed E-state index contributed by atoms with van der Waals surface area (Å²) in [5.41, 5.74) is 2.72. The lowest BCUT2D eigenvalue weighted by atomic mass is 10.1. The fraction of sp³-hybridized carbons (Fsp3) is 0.118. The minimum Gasteiger partial charge on any atom is -0.361 e. The number of benzene rings is 2. The standard InChI is InChI=1S/C17H15BrN2O/c1-11(12-5-2-3-7-15(12)18)20-17(21)14-6-4-8-16-13(14)9-10-19-16/h2-11,19H,1H3,(H,20,21). The molecule has 21 heavy (non-hydrogen) atoms. The highest BCUT2D eigenvalue weighted by molar-refractivity contribution is 9.10. The molecule has 0 saturated carbocycles. The fourth-order valence-corrected chi connectivity index (χ4v) is 3.09. The van der Waals surface area contributed by atoms with Crippen molar-refractivity contribution in [2.75, 3.05) is 0 Å². The van der Waals surface area contributed by atoms with Crippen LogP contribution in [0.1, 0.15) is 28.9 Å². The molecule has 1 heterocycles. The van der Waals surface area contributed by atoms with E-state index in [9.17, 15) is 4.79 Å². The van der Waals surface area contributed by atoms with Gasteiger partial charge >= 0.3 is 0 Å². The Balaban J connectivity index is 1.87. The van der Waals surface area contributed by atoms with Crippen molar-refractivity contribution >= 4 is 32.7 Å². The summed E-state index contributed by atoms with van der Waals surface area (Å²) in [5, 5.41) is 3.99. The molecule has 0 saturated heterocycles. The maximum Gasteiger partial charge on any atom is 0.252 e. The molecule has 3 nitrogen and oxygen atoms in total. The minimum absolute atomic E-state index is 0.0662. The summed E-state index contributed by atoms with van der Waals surface area (Å²) >= 11 is 3.52. The van der Waals surface area contributed by atoms with Gasteiger partial charge in [-0.15, -0.1) is 0 Å². The molecule has 3 rings (SSSR count). The number of hydrogen-bond donors (Lipinski definition) is 2. The predicted molar refractivity (Wildman–Crippen MR) is 88.3 cm³/mol. The first kappa shape index (κ1) is 13.9. The van der Waals surface area contributed by atoms with Crippen LogP contribution in [-0.2, 0) is 0 Å². The number of rotatable bonds is 3. The lowest BCUT2D eigenvalue weighted by molar-refractivity contribution is 0.0941. The van der Waals surface area contributed by atoms with Gasteiger partial charge in [0.1, 0.15) is 0 Å². The Labute approximate surface area is 131 Å². The maximum atomic E-state index is 12.5. The van der Waals surface area contributed by atoms with Crippen LogP contribution in [0.25, 0.3) is 10.9 Å². The first-order valence-electron chi connectivity index (χ1n) is 6.78. The molecular formula is C17H15BrN2O. The third kappa shape index (κ3) is 2.72. The number of fused-ring (bicyclic) bond motifs is 1. The van der Waals surface area contributed by atoms with Crippen molar-refractivity contribution < 1.29 is 4.79 Å². The molecular weight excluding hydrogens is 328 g/mol. The van der Waals surface area contributed by atoms with Crippen molar-refractivity contribution in [3.8, 4) is 0 Å². The molecule has 0 bridgehead atoms. The van der Waals surface area contributed by atoms with Gasteiger partial charge < -0.3 is 10.3 Å². The largest absolute Gasteiger partial charge is 0.361 e. The predicted octanol–water partition coefficient (Wildman–Crippen LogP) is 4.42. The van der Waals surface area contributed by atoms with Crippen molar-refractivity contribution in [1.29, 1.82) is 0 Å². The van der Waals surface area contributed by atoms with E-state index < -0.39 is 0 Å². The summed E-state index contributed by atoms with van der Waals surface area (Å²) < 4.78 is 0.998. The molecule has 4 heteroatoms. The van der Waals surface area contributed by atoms with Gasteiger partial charge in [0.05, 0.1) is 6.04 Å². The van der Waals surface area contributed by atoms with E-state index in [1.807, 2.05) is 61.7 Å². The second kappa shape index (κ2) is 5.74. The molecule has 0 fully saturated rings. The number of aromatic amines is 1. The average molecular weight is 343 g/mol. The van der Waals surface area contributed by atoms with Crippen LogP contribution in [-0.4, -0.2) is 10.9 Å². The maximum absolute atomic E-state index is 12.5. The molecule has 0 aliphatic heterocycles. The van der Waals surface area contributed by atoms with Gasteiger partial charge in [-0.05, 0) is 36.8 Å². The zero-order chi connectivity index (χ0) is 14.8. The zero-order valence-electron chi connectivity index (χ0n) is 11.6. The van der Waals surface area contributed by atoms with Crippen LogP contribution in [0.5, 0.6) is 0 Å². The van der Waals surface area contributed by atoms with Crippen molar-refractivity contribution in [2.24, 2.45) is 0 Å². The molecule has 0 aliphatic carbocycles. The van der Waals surface area contributed by atoms with Gasteiger partial charge in [0.15, 0.2) is 0 Å². The molecule has 0 aliphatic rings. The third-order valence-corrected chi connectivity index (χ3v) is 4.28. The first-order valence-corrected chi connectivity index (χ1v) is 7.57. The third-order valence-electron chi connectivity index (χ3n) is 3.56. The SMILES string of the molecule is CC(NC(=O)c1cccc2[nH]ccc12)c1ccccc1Br. The van der Waals surface area contributed by atoms with Gasteiger partial charge in [-0.2, -0.15) is 0 Å². The van der Waals surface area contributed by atoms with Crippen LogP contribution in [0.3, 0.4) is 0 Å². The van der Waals surface area contributed by atoms with Gasteiger partial charge in [-0.25, -0.2) is 0 Å². The van der Waals surface area contributed by atoms with E-state index in [1.54, 1.807) is 0 Å². The van der Waals surface area contributed by atoms with E-state index in [4.69, 9.17) is 0 Å². The minimum atomic E-state index is -0.0673. The van der Waals surface area contributed by atoms with Crippen LogP contribution < -0.4 is 5.32 Å². The van der Waals surface area contributed by atoms with Gasteiger partial charge in [0, 0.05) is 27.1 Å². The van der Waals surface area contributed by atoms with E-state index in [0.717, 1.165) is 20.9 Å². The number of halogens is 1. The molecule has 1 atom stereocenters. The summed E-state index contributed by atoms with van der Waals surface area (Å²) in [7, 11) is 0. The van der Waals surface area contributed by atoms with Crippen LogP contribution >= 0.6 is 15.9 Å². The quantitative estimate of drug-likeness (QED) is 0.726. The lowest BCUT2D eigenvalue weighted by Crippen LogP contribution is -2.27. The topological polar surface area (TPSA) is 44.9 Å².